The van der Waals surface area contributed by atoms with Crippen molar-refractivity contribution in [2.75, 3.05) is 27.2 Å². The van der Waals surface area contributed by atoms with Gasteiger partial charge in [-0.1, -0.05) is 6.92 Å². The van der Waals surface area contributed by atoms with Crippen LogP contribution in [-0.4, -0.2) is 48.4 Å². The third-order valence-electron chi connectivity index (χ3n) is 3.25. The Balaban J connectivity index is 2.80. The smallest absolute Gasteiger partial charge is 0.219 e. The molecule has 0 radical (unpaired) electrons. The number of nitrogens with zero attached hydrogens (tertiary/aromatic N) is 2. The molecule has 1 amide bonds. The molecule has 0 bridgehead atoms. The lowest BCUT2D eigenvalue weighted by Gasteiger charge is -2.39. The molecule has 1 unspecified atom stereocenters. The first-order valence-electron chi connectivity index (χ1n) is 5.45. The van der Waals surface area contributed by atoms with Crippen molar-refractivity contribution in [3.8, 4) is 0 Å². The Labute approximate surface area is 87.1 Å². The summed E-state index contributed by atoms with van der Waals surface area (Å²) in [6, 6.07) is 0. The molecule has 1 aliphatic rings. The Kier molecular flexibility index (Phi) is 3.53. The molecule has 14 heavy (non-hydrogen) atoms. The van der Waals surface area contributed by atoms with Crippen molar-refractivity contribution in [3.05, 3.63) is 0 Å². The van der Waals surface area contributed by atoms with Crippen molar-refractivity contribution >= 4 is 5.91 Å². The maximum atomic E-state index is 11.5. The maximum Gasteiger partial charge on any atom is 0.219 e. The number of carbonyl (C=O) groups excluding carboxylic acids is 1. The molecule has 1 aliphatic heterocycles. The molecule has 82 valence electrons. The SMILES string of the molecule is CCC1(CN(C)C)CCCN1C(C)=O. The first-order chi connectivity index (χ1) is 6.52. The highest BCUT2D eigenvalue weighted by Gasteiger charge is 2.40. The summed E-state index contributed by atoms with van der Waals surface area (Å²) in [7, 11) is 4.15. The van der Waals surface area contributed by atoms with Crippen LogP contribution in [0.2, 0.25) is 0 Å². The lowest BCUT2D eigenvalue weighted by Crippen LogP contribution is -2.52. The fourth-order valence-electron chi connectivity index (χ4n) is 2.66. The molecular formula is C11H22N2O. The van der Waals surface area contributed by atoms with Crippen molar-refractivity contribution in [1.29, 1.82) is 0 Å². The molecule has 0 aliphatic carbocycles. The zero-order valence-corrected chi connectivity index (χ0v) is 9.84. The topological polar surface area (TPSA) is 23.6 Å². The molecule has 0 aromatic heterocycles. The lowest BCUT2D eigenvalue weighted by atomic mass is 9.92. The van der Waals surface area contributed by atoms with E-state index in [2.05, 4.69) is 30.8 Å². The molecule has 0 N–H and O–H groups in total. The monoisotopic (exact) mass is 198 g/mol. The second kappa shape index (κ2) is 4.30. The summed E-state index contributed by atoms with van der Waals surface area (Å²) in [6.07, 6.45) is 3.37. The normalized spacial score (nSPS) is 27.4. The molecule has 1 rings (SSSR count). The van der Waals surface area contributed by atoms with Gasteiger partial charge in [-0.15, -0.1) is 0 Å². The van der Waals surface area contributed by atoms with Crippen LogP contribution in [0.25, 0.3) is 0 Å². The van der Waals surface area contributed by atoms with Crippen LogP contribution in [0.5, 0.6) is 0 Å². The van der Waals surface area contributed by atoms with Crippen LogP contribution in [0.15, 0.2) is 0 Å². The number of likely N-dealkylation sites (N-methyl/N-ethyl adjacent to an activating group) is 1. The van der Waals surface area contributed by atoms with E-state index in [1.807, 2.05) is 0 Å². The quantitative estimate of drug-likeness (QED) is 0.683. The van der Waals surface area contributed by atoms with E-state index in [0.29, 0.717) is 0 Å². The lowest BCUT2D eigenvalue weighted by molar-refractivity contribution is -0.133. The Morgan fingerprint density at radius 3 is 2.57 bits per heavy atom. The molecule has 0 aromatic carbocycles. The fraction of sp³-hybridized carbons (Fsp3) is 0.909. The predicted molar refractivity (Wildman–Crippen MR) is 58.2 cm³/mol. The van der Waals surface area contributed by atoms with Gasteiger partial charge in [-0.25, -0.2) is 0 Å². The average molecular weight is 198 g/mol. The molecule has 0 saturated carbocycles. The average Bonchev–Trinajstić information content (AvgIpc) is 2.48. The van der Waals surface area contributed by atoms with Gasteiger partial charge in [-0.2, -0.15) is 0 Å². The standard InChI is InChI=1S/C11H22N2O/c1-5-11(9-12(3)4)7-6-8-13(11)10(2)14/h5-9H2,1-4H3. The minimum absolute atomic E-state index is 0.106. The third-order valence-corrected chi connectivity index (χ3v) is 3.25. The van der Waals surface area contributed by atoms with E-state index >= 15 is 0 Å². The van der Waals surface area contributed by atoms with Crippen LogP contribution in [0, 0.1) is 0 Å². The summed E-state index contributed by atoms with van der Waals surface area (Å²) in [5, 5.41) is 0. The number of rotatable bonds is 3. The number of likely N-dealkylation sites (tertiary alicyclic amines) is 1. The van der Waals surface area contributed by atoms with Crippen LogP contribution in [-0.2, 0) is 4.79 Å². The van der Waals surface area contributed by atoms with Gasteiger partial charge in [0.15, 0.2) is 0 Å². The number of hydrogen-bond acceptors (Lipinski definition) is 2. The van der Waals surface area contributed by atoms with E-state index < -0.39 is 0 Å². The largest absolute Gasteiger partial charge is 0.336 e. The Morgan fingerprint density at radius 1 is 1.50 bits per heavy atom. The van der Waals surface area contributed by atoms with Gasteiger partial charge in [-0.05, 0) is 33.4 Å². The molecule has 0 spiro atoms. The van der Waals surface area contributed by atoms with E-state index in [0.717, 1.165) is 32.4 Å². The van der Waals surface area contributed by atoms with Crippen LogP contribution in [0.3, 0.4) is 0 Å². The molecule has 1 atom stereocenters. The molecule has 1 heterocycles. The van der Waals surface area contributed by atoms with Crippen molar-refractivity contribution in [2.45, 2.75) is 38.6 Å². The predicted octanol–water partition coefficient (Wildman–Crippen LogP) is 1.34. The van der Waals surface area contributed by atoms with Crippen LogP contribution in [0.4, 0.5) is 0 Å². The Morgan fingerprint density at radius 2 is 2.14 bits per heavy atom. The summed E-state index contributed by atoms with van der Waals surface area (Å²) in [5.41, 5.74) is 0.106. The number of amides is 1. The first kappa shape index (κ1) is 11.5. The summed E-state index contributed by atoms with van der Waals surface area (Å²) in [5.74, 6) is 0.228. The molecule has 1 fully saturated rings. The van der Waals surface area contributed by atoms with E-state index in [9.17, 15) is 4.79 Å². The van der Waals surface area contributed by atoms with Gasteiger partial charge in [0.2, 0.25) is 5.91 Å². The van der Waals surface area contributed by atoms with E-state index in [1.165, 1.54) is 0 Å². The zero-order valence-electron chi connectivity index (χ0n) is 9.84. The second-order valence-corrected chi connectivity index (χ2v) is 4.59. The zero-order chi connectivity index (χ0) is 10.8. The van der Waals surface area contributed by atoms with Crippen molar-refractivity contribution in [2.24, 2.45) is 0 Å². The highest BCUT2D eigenvalue weighted by Crippen LogP contribution is 2.32. The van der Waals surface area contributed by atoms with Crippen molar-refractivity contribution < 1.29 is 4.79 Å². The van der Waals surface area contributed by atoms with Gasteiger partial charge in [0, 0.05) is 20.0 Å². The molecule has 3 nitrogen and oxygen atoms in total. The molecule has 3 heteroatoms. The van der Waals surface area contributed by atoms with E-state index in [4.69, 9.17) is 0 Å². The second-order valence-electron chi connectivity index (χ2n) is 4.59. The highest BCUT2D eigenvalue weighted by atomic mass is 16.2. The fourth-order valence-corrected chi connectivity index (χ4v) is 2.66. The number of hydrogen-bond donors (Lipinski definition) is 0. The van der Waals surface area contributed by atoms with Gasteiger partial charge in [0.25, 0.3) is 0 Å². The van der Waals surface area contributed by atoms with Crippen LogP contribution in [0.1, 0.15) is 33.1 Å². The highest BCUT2D eigenvalue weighted by molar-refractivity contribution is 5.74. The summed E-state index contributed by atoms with van der Waals surface area (Å²) in [6.45, 7) is 5.80. The summed E-state index contributed by atoms with van der Waals surface area (Å²) in [4.78, 5) is 15.8. The summed E-state index contributed by atoms with van der Waals surface area (Å²) >= 11 is 0. The molecular weight excluding hydrogens is 176 g/mol. The summed E-state index contributed by atoms with van der Waals surface area (Å²) < 4.78 is 0. The van der Waals surface area contributed by atoms with Crippen LogP contribution >= 0.6 is 0 Å². The van der Waals surface area contributed by atoms with Crippen molar-refractivity contribution in [3.63, 3.8) is 0 Å². The number of carbonyl (C=O) groups is 1. The molecule has 1 saturated heterocycles. The Bertz CT molecular complexity index is 215. The van der Waals surface area contributed by atoms with E-state index in [-0.39, 0.29) is 11.4 Å². The van der Waals surface area contributed by atoms with Gasteiger partial charge in [0.1, 0.15) is 0 Å². The van der Waals surface area contributed by atoms with Gasteiger partial charge in [-0.3, -0.25) is 4.79 Å². The van der Waals surface area contributed by atoms with E-state index in [1.54, 1.807) is 6.92 Å². The van der Waals surface area contributed by atoms with Crippen LogP contribution < -0.4 is 0 Å². The minimum atomic E-state index is 0.106. The maximum absolute atomic E-state index is 11.5. The van der Waals surface area contributed by atoms with Gasteiger partial charge >= 0.3 is 0 Å². The Hall–Kier alpha value is -0.570. The minimum Gasteiger partial charge on any atom is -0.336 e. The van der Waals surface area contributed by atoms with Gasteiger partial charge < -0.3 is 9.80 Å². The first-order valence-corrected chi connectivity index (χ1v) is 5.45. The van der Waals surface area contributed by atoms with Crippen molar-refractivity contribution in [1.82, 2.24) is 9.80 Å². The van der Waals surface area contributed by atoms with Gasteiger partial charge in [0.05, 0.1) is 5.54 Å². The molecule has 0 aromatic rings. The third kappa shape index (κ3) is 2.08.